The fraction of sp³-hybridized carbons (Fsp3) is 0.769. The Kier molecular flexibility index (Phi) is 3.86. The van der Waals surface area contributed by atoms with Crippen molar-refractivity contribution in [2.45, 2.75) is 39.2 Å². The summed E-state index contributed by atoms with van der Waals surface area (Å²) in [6, 6.07) is 0. The third-order valence-electron chi connectivity index (χ3n) is 4.48. The fourth-order valence-corrected chi connectivity index (χ4v) is 4.39. The normalized spacial score (nSPS) is 41.6. The van der Waals surface area contributed by atoms with Gasteiger partial charge in [-0.25, -0.2) is 0 Å². The highest BCUT2D eigenvalue weighted by molar-refractivity contribution is 6.56. The topological polar surface area (TPSA) is 37.3 Å². The molecule has 0 aromatic heterocycles. The molecule has 0 amide bonds. The maximum absolute atomic E-state index is 12.1. The van der Waals surface area contributed by atoms with Crippen molar-refractivity contribution in [3.63, 3.8) is 0 Å². The van der Waals surface area contributed by atoms with Gasteiger partial charge in [0.25, 0.3) is 0 Å². The van der Waals surface area contributed by atoms with E-state index in [9.17, 15) is 9.90 Å². The zero-order chi connectivity index (χ0) is 12.7. The number of ketones is 1. The van der Waals surface area contributed by atoms with E-state index in [1.807, 2.05) is 13.8 Å². The van der Waals surface area contributed by atoms with Crippen molar-refractivity contribution in [3.8, 4) is 0 Å². The molecular formula is C13H18Cl2O2. The summed E-state index contributed by atoms with van der Waals surface area (Å²) >= 11 is 11.9. The van der Waals surface area contributed by atoms with Gasteiger partial charge in [0, 0.05) is 18.3 Å². The highest BCUT2D eigenvalue weighted by Crippen LogP contribution is 2.53. The molecule has 5 atom stereocenters. The van der Waals surface area contributed by atoms with Gasteiger partial charge in [0.1, 0.15) is 10.3 Å². The van der Waals surface area contributed by atoms with Crippen molar-refractivity contribution in [2.75, 3.05) is 0 Å². The van der Waals surface area contributed by atoms with Crippen molar-refractivity contribution >= 4 is 29.0 Å². The number of hydrogen-bond donors (Lipinski definition) is 1. The molecule has 0 saturated heterocycles. The van der Waals surface area contributed by atoms with Gasteiger partial charge in [-0.05, 0) is 30.3 Å². The van der Waals surface area contributed by atoms with Gasteiger partial charge in [0.15, 0.2) is 0 Å². The number of carbonyl (C=O) groups excluding carboxylic acids is 1. The van der Waals surface area contributed by atoms with Crippen LogP contribution in [-0.4, -0.2) is 17.0 Å². The zero-order valence-corrected chi connectivity index (χ0v) is 11.6. The summed E-state index contributed by atoms with van der Waals surface area (Å²) in [6.45, 7) is 4.07. The Balaban J connectivity index is 2.45. The molecule has 2 fully saturated rings. The van der Waals surface area contributed by atoms with Crippen molar-refractivity contribution in [2.24, 2.45) is 23.7 Å². The van der Waals surface area contributed by atoms with E-state index in [4.69, 9.17) is 23.2 Å². The average Bonchev–Trinajstić information content (AvgIpc) is 2.58. The Morgan fingerprint density at radius 2 is 2.12 bits per heavy atom. The van der Waals surface area contributed by atoms with Crippen LogP contribution >= 0.6 is 23.2 Å². The van der Waals surface area contributed by atoms with Gasteiger partial charge in [-0.15, -0.1) is 0 Å². The van der Waals surface area contributed by atoms with E-state index >= 15 is 0 Å². The Hall–Kier alpha value is -0.0500. The molecule has 2 aliphatic carbocycles. The maximum atomic E-state index is 12.1. The molecule has 0 aliphatic heterocycles. The monoisotopic (exact) mass is 276 g/mol. The van der Waals surface area contributed by atoms with Crippen LogP contribution < -0.4 is 0 Å². The predicted octanol–water partition coefficient (Wildman–Crippen LogP) is 3.31. The minimum absolute atomic E-state index is 0.00343. The minimum atomic E-state index is -0.396. The molecule has 17 heavy (non-hydrogen) atoms. The molecule has 2 aliphatic rings. The van der Waals surface area contributed by atoms with Crippen LogP contribution in [0, 0.1) is 23.7 Å². The summed E-state index contributed by atoms with van der Waals surface area (Å²) in [4.78, 5) is 12.1. The van der Waals surface area contributed by atoms with Gasteiger partial charge in [-0.1, -0.05) is 37.0 Å². The van der Waals surface area contributed by atoms with Gasteiger partial charge >= 0.3 is 0 Å². The first-order valence-corrected chi connectivity index (χ1v) is 7.00. The van der Waals surface area contributed by atoms with Crippen molar-refractivity contribution in [3.05, 3.63) is 10.1 Å². The van der Waals surface area contributed by atoms with Crippen LogP contribution in [0.1, 0.15) is 33.1 Å². The molecule has 2 rings (SSSR count). The van der Waals surface area contributed by atoms with Crippen LogP contribution in [0.4, 0.5) is 0 Å². The average molecular weight is 277 g/mol. The Morgan fingerprint density at radius 3 is 2.65 bits per heavy atom. The molecule has 3 unspecified atom stereocenters. The number of halogens is 2. The number of rotatable bonds is 1. The summed E-state index contributed by atoms with van der Waals surface area (Å²) < 4.78 is 0.291. The number of carbonyl (C=O) groups is 1. The zero-order valence-electron chi connectivity index (χ0n) is 10.1. The molecular weight excluding hydrogens is 259 g/mol. The largest absolute Gasteiger partial charge is 0.393 e. The van der Waals surface area contributed by atoms with E-state index in [-0.39, 0.29) is 29.5 Å². The van der Waals surface area contributed by atoms with Crippen LogP contribution in [0.25, 0.3) is 0 Å². The maximum Gasteiger partial charge on any atom is 0.137 e. The number of aliphatic hydroxyl groups is 1. The molecule has 0 heterocycles. The molecule has 96 valence electrons. The first-order chi connectivity index (χ1) is 7.99. The van der Waals surface area contributed by atoms with Crippen molar-refractivity contribution in [1.29, 1.82) is 0 Å². The van der Waals surface area contributed by atoms with Gasteiger partial charge in [0.2, 0.25) is 0 Å². The predicted molar refractivity (Wildman–Crippen MR) is 68.9 cm³/mol. The van der Waals surface area contributed by atoms with Crippen LogP contribution in [-0.2, 0) is 4.79 Å². The van der Waals surface area contributed by atoms with Crippen LogP contribution in [0.5, 0.6) is 0 Å². The fourth-order valence-electron chi connectivity index (χ4n) is 3.76. The first kappa shape index (κ1) is 13.4. The van der Waals surface area contributed by atoms with Crippen LogP contribution in [0.15, 0.2) is 10.1 Å². The standard InChI is InChI=1S/C13H18Cl2O2/c1-3-7-10(13(14)15)6(2)11-8(16)4-5-9(17)12(7)11/h6-8,11-12,16H,3-5H2,1-2H3/t6-,7+,8?,11?,12?/m1/s1. The van der Waals surface area contributed by atoms with E-state index < -0.39 is 6.10 Å². The van der Waals surface area contributed by atoms with Crippen LogP contribution in [0.2, 0.25) is 0 Å². The number of fused-ring (bicyclic) bond motifs is 1. The van der Waals surface area contributed by atoms with Gasteiger partial charge < -0.3 is 5.11 Å². The molecule has 4 heteroatoms. The Morgan fingerprint density at radius 1 is 1.47 bits per heavy atom. The molecule has 0 aromatic rings. The highest BCUT2D eigenvalue weighted by Gasteiger charge is 2.52. The lowest BCUT2D eigenvalue weighted by Crippen LogP contribution is -2.39. The third kappa shape index (κ3) is 2.05. The SMILES string of the molecule is CC[C@H]1C(=C(Cl)Cl)[C@@H](C)C2C(O)CCC(=O)C21. The summed E-state index contributed by atoms with van der Waals surface area (Å²) in [5, 5.41) is 10.1. The van der Waals surface area contributed by atoms with E-state index in [1.54, 1.807) is 0 Å². The van der Waals surface area contributed by atoms with E-state index in [0.717, 1.165) is 12.0 Å². The number of allylic oxidation sites excluding steroid dienone is 1. The van der Waals surface area contributed by atoms with Crippen molar-refractivity contribution < 1.29 is 9.90 Å². The number of aliphatic hydroxyl groups excluding tert-OH is 1. The molecule has 0 radical (unpaired) electrons. The van der Waals surface area contributed by atoms with E-state index in [2.05, 4.69) is 0 Å². The summed E-state index contributed by atoms with van der Waals surface area (Å²) in [5.74, 6) is 0.408. The molecule has 1 N–H and O–H groups in total. The first-order valence-electron chi connectivity index (χ1n) is 6.24. The molecule has 0 spiro atoms. The summed E-state index contributed by atoms with van der Waals surface area (Å²) in [7, 11) is 0. The smallest absolute Gasteiger partial charge is 0.137 e. The minimum Gasteiger partial charge on any atom is -0.393 e. The molecule has 0 aromatic carbocycles. The molecule has 2 nitrogen and oxygen atoms in total. The molecule has 2 saturated carbocycles. The van der Waals surface area contributed by atoms with Crippen molar-refractivity contribution in [1.82, 2.24) is 0 Å². The van der Waals surface area contributed by atoms with Gasteiger partial charge in [-0.3, -0.25) is 4.79 Å². The van der Waals surface area contributed by atoms with E-state index in [1.165, 1.54) is 0 Å². The Labute approximate surface area is 112 Å². The number of Topliss-reactive ketones (excluding diaryl/α,β-unsaturated/α-hetero) is 1. The summed E-state index contributed by atoms with van der Waals surface area (Å²) in [5.41, 5.74) is 0.972. The second kappa shape index (κ2) is 4.91. The van der Waals surface area contributed by atoms with Gasteiger partial charge in [-0.2, -0.15) is 0 Å². The Bertz CT molecular complexity index is 360. The second-order valence-electron chi connectivity index (χ2n) is 5.19. The summed E-state index contributed by atoms with van der Waals surface area (Å²) in [6.07, 6.45) is 1.52. The quantitative estimate of drug-likeness (QED) is 0.798. The van der Waals surface area contributed by atoms with E-state index in [0.29, 0.717) is 17.3 Å². The molecule has 0 bridgehead atoms. The third-order valence-corrected chi connectivity index (χ3v) is 4.91. The second-order valence-corrected chi connectivity index (χ2v) is 6.14. The van der Waals surface area contributed by atoms with Crippen LogP contribution in [0.3, 0.4) is 0 Å². The lowest BCUT2D eigenvalue weighted by Gasteiger charge is -2.32. The highest BCUT2D eigenvalue weighted by atomic mass is 35.5. The number of hydrogen-bond acceptors (Lipinski definition) is 2. The lowest BCUT2D eigenvalue weighted by atomic mass is 9.73. The van der Waals surface area contributed by atoms with Gasteiger partial charge in [0.05, 0.1) is 6.10 Å². The lowest BCUT2D eigenvalue weighted by molar-refractivity contribution is -0.132.